The minimum atomic E-state index is 0.301. The number of nitrogens with zero attached hydrogens (tertiary/aromatic N) is 1. The highest BCUT2D eigenvalue weighted by Gasteiger charge is 2.23. The summed E-state index contributed by atoms with van der Waals surface area (Å²) >= 11 is 8.80. The minimum absolute atomic E-state index is 0.301. The number of halogens is 2. The molecule has 0 saturated heterocycles. The fourth-order valence-electron chi connectivity index (χ4n) is 2.59. The van der Waals surface area contributed by atoms with Crippen LogP contribution in [0, 0.1) is 11.3 Å². The molecule has 2 aromatic rings. The summed E-state index contributed by atoms with van der Waals surface area (Å²) in [6, 6.07) is 10.6. The molecule has 0 saturated carbocycles. The monoisotopic (exact) mass is 410 g/mol. The highest BCUT2D eigenvalue weighted by Crippen LogP contribution is 2.40. The number of hydrogen-bond acceptors (Lipinski definition) is 3. The first-order valence-corrected chi connectivity index (χ1v) is 8.82. The van der Waals surface area contributed by atoms with Gasteiger partial charge in [-0.25, -0.2) is 0 Å². The lowest BCUT2D eigenvalue weighted by Crippen LogP contribution is -2.16. The number of anilines is 1. The van der Waals surface area contributed by atoms with Crippen LogP contribution in [0.4, 0.5) is 5.69 Å². The van der Waals surface area contributed by atoms with E-state index in [1.165, 1.54) is 20.6 Å². The zero-order chi connectivity index (χ0) is 14.1. The summed E-state index contributed by atoms with van der Waals surface area (Å²) in [6.07, 6.45) is 3.46. The lowest BCUT2D eigenvalue weighted by atomic mass is 9.93. The van der Waals surface area contributed by atoms with Gasteiger partial charge in [0, 0.05) is 9.35 Å². The molecule has 2 nitrogen and oxygen atoms in total. The molecule has 1 aromatic heterocycles. The summed E-state index contributed by atoms with van der Waals surface area (Å²) in [6.45, 7) is 0. The summed E-state index contributed by atoms with van der Waals surface area (Å²) in [5.41, 5.74) is 2.97. The van der Waals surface area contributed by atoms with Crippen molar-refractivity contribution in [2.24, 2.45) is 0 Å². The fraction of sp³-hybridized carbons (Fsp3) is 0.267. The van der Waals surface area contributed by atoms with Gasteiger partial charge < -0.3 is 5.32 Å². The van der Waals surface area contributed by atoms with Crippen molar-refractivity contribution < 1.29 is 0 Å². The van der Waals surface area contributed by atoms with Crippen LogP contribution in [-0.2, 0) is 6.42 Å². The van der Waals surface area contributed by atoms with E-state index >= 15 is 0 Å². The van der Waals surface area contributed by atoms with Gasteiger partial charge in [-0.3, -0.25) is 0 Å². The largest absolute Gasteiger partial charge is 0.377 e. The molecule has 0 aliphatic heterocycles. The van der Waals surface area contributed by atoms with Crippen LogP contribution >= 0.6 is 43.2 Å². The van der Waals surface area contributed by atoms with E-state index in [2.05, 4.69) is 49.3 Å². The fourth-order valence-corrected chi connectivity index (χ4v) is 4.77. The number of nitrogens with one attached hydrogen (secondary N) is 1. The van der Waals surface area contributed by atoms with E-state index in [1.54, 1.807) is 0 Å². The molecule has 1 N–H and O–H groups in total. The van der Waals surface area contributed by atoms with E-state index in [0.717, 1.165) is 23.0 Å². The second-order valence-corrected chi connectivity index (χ2v) is 8.25. The number of fused-ring (bicyclic) bond motifs is 1. The maximum Gasteiger partial charge on any atom is 0.101 e. The Kier molecular flexibility index (Phi) is 4.16. The molecule has 0 bridgehead atoms. The van der Waals surface area contributed by atoms with Gasteiger partial charge >= 0.3 is 0 Å². The lowest BCUT2D eigenvalue weighted by molar-refractivity contribution is 0.608. The molecule has 1 unspecified atom stereocenters. The molecule has 1 aliphatic carbocycles. The molecular weight excluding hydrogens is 400 g/mol. The Bertz CT molecular complexity index is 688. The van der Waals surface area contributed by atoms with E-state index < -0.39 is 0 Å². The molecule has 0 spiro atoms. The SMILES string of the molecule is N#Cc1cc(Br)ccc1NC1CCCc2sc(Br)cc21. The first kappa shape index (κ1) is 14.1. The molecule has 0 amide bonds. The Morgan fingerprint density at radius 3 is 2.95 bits per heavy atom. The zero-order valence-corrected chi connectivity index (χ0v) is 14.6. The Hall–Kier alpha value is -0.830. The number of aryl methyl sites for hydroxylation is 1. The summed E-state index contributed by atoms with van der Waals surface area (Å²) in [5.74, 6) is 0. The molecule has 5 heteroatoms. The molecular formula is C15H12Br2N2S. The Morgan fingerprint density at radius 1 is 1.30 bits per heavy atom. The van der Waals surface area contributed by atoms with Crippen molar-refractivity contribution >= 4 is 48.9 Å². The van der Waals surface area contributed by atoms with Gasteiger partial charge in [-0.15, -0.1) is 11.3 Å². The van der Waals surface area contributed by atoms with Crippen molar-refractivity contribution in [3.63, 3.8) is 0 Å². The van der Waals surface area contributed by atoms with Crippen molar-refractivity contribution in [3.8, 4) is 6.07 Å². The van der Waals surface area contributed by atoms with Gasteiger partial charge in [0.25, 0.3) is 0 Å². The van der Waals surface area contributed by atoms with Crippen LogP contribution < -0.4 is 5.32 Å². The van der Waals surface area contributed by atoms with E-state index in [9.17, 15) is 5.26 Å². The predicted molar refractivity (Wildman–Crippen MR) is 90.2 cm³/mol. The van der Waals surface area contributed by atoms with Crippen molar-refractivity contribution in [1.29, 1.82) is 5.26 Å². The van der Waals surface area contributed by atoms with Crippen molar-refractivity contribution in [2.75, 3.05) is 5.32 Å². The third-order valence-corrected chi connectivity index (χ3v) is 5.72. The van der Waals surface area contributed by atoms with Gasteiger partial charge in [-0.1, -0.05) is 15.9 Å². The van der Waals surface area contributed by atoms with Gasteiger partial charge in [0.05, 0.1) is 21.1 Å². The summed E-state index contributed by atoms with van der Waals surface area (Å²) in [4.78, 5) is 1.45. The molecule has 0 radical (unpaired) electrons. The van der Waals surface area contributed by atoms with Crippen molar-refractivity contribution in [2.45, 2.75) is 25.3 Å². The molecule has 20 heavy (non-hydrogen) atoms. The second-order valence-electron chi connectivity index (χ2n) is 4.82. The molecule has 102 valence electrons. The average Bonchev–Trinajstić information content (AvgIpc) is 2.82. The normalized spacial score (nSPS) is 17.4. The van der Waals surface area contributed by atoms with Gasteiger partial charge in [-0.05, 0) is 65.0 Å². The summed E-state index contributed by atoms with van der Waals surface area (Å²) in [7, 11) is 0. The molecule has 3 rings (SSSR count). The van der Waals surface area contributed by atoms with E-state index in [0.29, 0.717) is 11.6 Å². The Morgan fingerprint density at radius 2 is 2.15 bits per heavy atom. The molecule has 1 heterocycles. The molecule has 1 atom stereocenters. The van der Waals surface area contributed by atoms with Crippen molar-refractivity contribution in [1.82, 2.24) is 0 Å². The van der Waals surface area contributed by atoms with Gasteiger partial charge in [0.15, 0.2) is 0 Å². The number of rotatable bonds is 2. The third kappa shape index (κ3) is 2.78. The van der Waals surface area contributed by atoms with Crippen LogP contribution in [0.2, 0.25) is 0 Å². The zero-order valence-electron chi connectivity index (χ0n) is 10.6. The quantitative estimate of drug-likeness (QED) is 0.694. The van der Waals surface area contributed by atoms with Crippen LogP contribution in [0.1, 0.15) is 34.9 Å². The van der Waals surface area contributed by atoms with Crippen molar-refractivity contribution in [3.05, 3.63) is 48.5 Å². The average molecular weight is 412 g/mol. The minimum Gasteiger partial charge on any atom is -0.377 e. The van der Waals surface area contributed by atoms with Gasteiger partial charge in [0.2, 0.25) is 0 Å². The van der Waals surface area contributed by atoms with E-state index in [-0.39, 0.29) is 0 Å². The number of benzene rings is 1. The smallest absolute Gasteiger partial charge is 0.101 e. The molecule has 1 aliphatic rings. The summed E-state index contributed by atoms with van der Waals surface area (Å²) in [5, 5.41) is 12.8. The highest BCUT2D eigenvalue weighted by molar-refractivity contribution is 9.11. The van der Waals surface area contributed by atoms with E-state index in [1.807, 2.05) is 29.5 Å². The number of thiophene rings is 1. The van der Waals surface area contributed by atoms with E-state index in [4.69, 9.17) is 0 Å². The van der Waals surface area contributed by atoms with Crippen LogP contribution in [0.3, 0.4) is 0 Å². The lowest BCUT2D eigenvalue weighted by Gasteiger charge is -2.25. The van der Waals surface area contributed by atoms with Crippen LogP contribution in [-0.4, -0.2) is 0 Å². The van der Waals surface area contributed by atoms with Gasteiger partial charge in [0.1, 0.15) is 6.07 Å². The predicted octanol–water partition coefficient (Wildman–Crippen LogP) is 5.63. The Balaban J connectivity index is 1.91. The first-order chi connectivity index (χ1) is 9.67. The van der Waals surface area contributed by atoms with Crippen LogP contribution in [0.25, 0.3) is 0 Å². The van der Waals surface area contributed by atoms with Gasteiger partial charge in [-0.2, -0.15) is 5.26 Å². The topological polar surface area (TPSA) is 35.8 Å². The Labute approximate surface area is 139 Å². The standard InChI is InChI=1S/C15H12Br2N2S/c16-10-4-5-12(9(6-10)8-18)19-13-2-1-3-14-11(13)7-15(17)20-14/h4-7,13,19H,1-3H2. The maximum atomic E-state index is 9.26. The second kappa shape index (κ2) is 5.88. The number of hydrogen-bond donors (Lipinski definition) is 1. The number of nitriles is 1. The maximum absolute atomic E-state index is 9.26. The highest BCUT2D eigenvalue weighted by atomic mass is 79.9. The first-order valence-electron chi connectivity index (χ1n) is 6.41. The third-order valence-electron chi connectivity index (χ3n) is 3.52. The molecule has 1 aromatic carbocycles. The summed E-state index contributed by atoms with van der Waals surface area (Å²) < 4.78 is 2.12. The van der Waals surface area contributed by atoms with Crippen LogP contribution in [0.5, 0.6) is 0 Å². The molecule has 0 fully saturated rings. The van der Waals surface area contributed by atoms with Crippen LogP contribution in [0.15, 0.2) is 32.5 Å².